The molecule has 4 fully saturated rings. The first-order valence-corrected chi connectivity index (χ1v) is 7.07. The highest BCUT2D eigenvalue weighted by Crippen LogP contribution is 2.64. The molecule has 0 N–H and O–H groups in total. The molecule has 4 saturated carbocycles. The standard InChI is InChI=1S/C12H18O2S/c1-15-12-5-8-2-9(6-12)4-11(3-8,7-12)10(13)14/h8-9H,2-7H2,1H3,(H,13,14)/p-1/t8-,9+,11?,12?. The van der Waals surface area contributed by atoms with Crippen LogP contribution in [-0.2, 0) is 4.79 Å². The molecule has 4 atom stereocenters. The highest BCUT2D eigenvalue weighted by Gasteiger charge is 2.57. The number of rotatable bonds is 2. The van der Waals surface area contributed by atoms with Gasteiger partial charge in [0.2, 0.25) is 0 Å². The average Bonchev–Trinajstić information content (AvgIpc) is 2.15. The van der Waals surface area contributed by atoms with Crippen molar-refractivity contribution in [1.82, 2.24) is 0 Å². The molecule has 3 heteroatoms. The van der Waals surface area contributed by atoms with Gasteiger partial charge >= 0.3 is 0 Å². The van der Waals surface area contributed by atoms with Crippen LogP contribution in [0, 0.1) is 17.3 Å². The number of carboxylic acid groups (broad SMARTS) is 1. The Labute approximate surface area is 94.8 Å². The first-order valence-electron chi connectivity index (χ1n) is 5.84. The van der Waals surface area contributed by atoms with Gasteiger partial charge < -0.3 is 9.90 Å². The fourth-order valence-electron chi connectivity index (χ4n) is 4.66. The zero-order valence-corrected chi connectivity index (χ0v) is 9.94. The third kappa shape index (κ3) is 1.28. The van der Waals surface area contributed by atoms with Gasteiger partial charge in [0.1, 0.15) is 0 Å². The molecule has 4 aliphatic rings. The second kappa shape index (κ2) is 2.93. The van der Waals surface area contributed by atoms with Crippen LogP contribution in [0.2, 0.25) is 0 Å². The van der Waals surface area contributed by atoms with E-state index in [0.717, 1.165) is 19.3 Å². The molecular weight excluding hydrogens is 208 g/mol. The molecule has 4 aliphatic carbocycles. The van der Waals surface area contributed by atoms with Crippen LogP contribution in [0.3, 0.4) is 0 Å². The molecule has 0 saturated heterocycles. The molecule has 0 aliphatic heterocycles. The van der Waals surface area contributed by atoms with Gasteiger partial charge in [0, 0.05) is 16.1 Å². The van der Waals surface area contributed by atoms with Gasteiger partial charge in [-0.25, -0.2) is 0 Å². The number of aliphatic carboxylic acids is 1. The van der Waals surface area contributed by atoms with Crippen molar-refractivity contribution in [2.24, 2.45) is 17.3 Å². The summed E-state index contributed by atoms with van der Waals surface area (Å²) < 4.78 is 0.282. The summed E-state index contributed by atoms with van der Waals surface area (Å²) in [6.07, 6.45) is 8.59. The minimum absolute atomic E-state index is 0.282. The molecule has 0 radical (unpaired) electrons. The van der Waals surface area contributed by atoms with Crippen molar-refractivity contribution in [3.63, 3.8) is 0 Å². The van der Waals surface area contributed by atoms with E-state index >= 15 is 0 Å². The van der Waals surface area contributed by atoms with E-state index in [1.807, 2.05) is 11.8 Å². The Bertz CT molecular complexity index is 299. The molecule has 0 aromatic rings. The summed E-state index contributed by atoms with van der Waals surface area (Å²) in [6, 6.07) is 0. The Balaban J connectivity index is 1.99. The molecule has 84 valence electrons. The van der Waals surface area contributed by atoms with E-state index in [4.69, 9.17) is 0 Å². The molecule has 0 aromatic heterocycles. The Morgan fingerprint density at radius 3 is 2.33 bits per heavy atom. The predicted molar refractivity (Wildman–Crippen MR) is 58.4 cm³/mol. The SMILES string of the molecule is CSC12C[C@H]3C[C@@H](C1)CC(C(=O)[O-])(C3)C2. The second-order valence-electron chi connectivity index (χ2n) is 5.92. The summed E-state index contributed by atoms with van der Waals surface area (Å²) in [5, 5.41) is 11.4. The molecule has 15 heavy (non-hydrogen) atoms. The predicted octanol–water partition coefficient (Wildman–Crippen LogP) is 1.44. The van der Waals surface area contributed by atoms with Gasteiger partial charge in [0.25, 0.3) is 0 Å². The molecule has 0 amide bonds. The average molecular weight is 225 g/mol. The van der Waals surface area contributed by atoms with Gasteiger partial charge in [-0.3, -0.25) is 0 Å². The lowest BCUT2D eigenvalue weighted by atomic mass is 9.49. The summed E-state index contributed by atoms with van der Waals surface area (Å²) >= 11 is 1.91. The first kappa shape index (κ1) is 10.0. The Morgan fingerprint density at radius 2 is 1.87 bits per heavy atom. The van der Waals surface area contributed by atoms with Gasteiger partial charge in [-0.05, 0) is 56.6 Å². The lowest BCUT2D eigenvalue weighted by Gasteiger charge is -2.62. The van der Waals surface area contributed by atoms with Crippen molar-refractivity contribution in [1.29, 1.82) is 0 Å². The van der Waals surface area contributed by atoms with Crippen molar-refractivity contribution in [3.8, 4) is 0 Å². The summed E-state index contributed by atoms with van der Waals surface area (Å²) in [5.74, 6) is 0.559. The largest absolute Gasteiger partial charge is 0.550 e. The van der Waals surface area contributed by atoms with E-state index in [1.165, 1.54) is 19.3 Å². The third-order valence-corrected chi connectivity index (χ3v) is 6.22. The van der Waals surface area contributed by atoms with Crippen LogP contribution in [0.5, 0.6) is 0 Å². The Kier molecular flexibility index (Phi) is 1.96. The van der Waals surface area contributed by atoms with E-state index in [2.05, 4.69) is 6.26 Å². The van der Waals surface area contributed by atoms with Crippen LogP contribution in [-0.4, -0.2) is 17.0 Å². The lowest BCUT2D eigenvalue weighted by molar-refractivity contribution is -0.326. The van der Waals surface area contributed by atoms with E-state index in [9.17, 15) is 9.90 Å². The van der Waals surface area contributed by atoms with Crippen LogP contribution in [0.25, 0.3) is 0 Å². The number of hydrogen-bond donors (Lipinski definition) is 0. The number of carbonyl (C=O) groups excluding carboxylic acids is 1. The molecule has 4 bridgehead atoms. The minimum Gasteiger partial charge on any atom is -0.550 e. The molecule has 0 heterocycles. The third-order valence-electron chi connectivity index (χ3n) is 4.87. The molecule has 0 spiro atoms. The van der Waals surface area contributed by atoms with Crippen molar-refractivity contribution < 1.29 is 9.90 Å². The van der Waals surface area contributed by atoms with Crippen molar-refractivity contribution in [2.45, 2.75) is 43.3 Å². The van der Waals surface area contributed by atoms with Crippen LogP contribution in [0.15, 0.2) is 0 Å². The van der Waals surface area contributed by atoms with Crippen LogP contribution >= 0.6 is 11.8 Å². The number of thioether (sulfide) groups is 1. The molecule has 0 aromatic carbocycles. The van der Waals surface area contributed by atoms with E-state index in [-0.39, 0.29) is 4.75 Å². The first-order chi connectivity index (χ1) is 7.07. The Morgan fingerprint density at radius 1 is 1.27 bits per heavy atom. The molecule has 2 unspecified atom stereocenters. The lowest BCUT2D eigenvalue weighted by Crippen LogP contribution is -2.59. The molecule has 2 nitrogen and oxygen atoms in total. The van der Waals surface area contributed by atoms with Crippen molar-refractivity contribution in [2.75, 3.05) is 6.26 Å². The van der Waals surface area contributed by atoms with E-state index < -0.39 is 11.4 Å². The minimum atomic E-state index is -0.768. The van der Waals surface area contributed by atoms with Crippen LogP contribution in [0.1, 0.15) is 38.5 Å². The Hall–Kier alpha value is -0.180. The smallest absolute Gasteiger partial charge is 0.0476 e. The summed E-state index contributed by atoms with van der Waals surface area (Å²) in [7, 11) is 0. The van der Waals surface area contributed by atoms with Gasteiger partial charge in [-0.15, -0.1) is 0 Å². The molecular formula is C12H17O2S-. The van der Waals surface area contributed by atoms with Crippen LogP contribution < -0.4 is 5.11 Å². The number of hydrogen-bond acceptors (Lipinski definition) is 3. The van der Waals surface area contributed by atoms with E-state index in [1.54, 1.807) is 0 Å². The van der Waals surface area contributed by atoms with Crippen molar-refractivity contribution in [3.05, 3.63) is 0 Å². The summed E-state index contributed by atoms with van der Waals surface area (Å²) in [4.78, 5) is 11.4. The normalized spacial score (nSPS) is 52.1. The zero-order chi connectivity index (χ0) is 10.7. The van der Waals surface area contributed by atoms with Gasteiger partial charge in [-0.1, -0.05) is 0 Å². The second-order valence-corrected chi connectivity index (χ2v) is 7.19. The summed E-state index contributed by atoms with van der Waals surface area (Å²) in [6.45, 7) is 0. The van der Waals surface area contributed by atoms with Gasteiger partial charge in [0.15, 0.2) is 0 Å². The summed E-state index contributed by atoms with van der Waals surface area (Å²) in [5.41, 5.74) is -0.451. The number of carboxylic acids is 1. The number of carbonyl (C=O) groups is 1. The highest BCUT2D eigenvalue weighted by atomic mass is 32.2. The molecule has 4 rings (SSSR count). The van der Waals surface area contributed by atoms with Crippen LogP contribution in [0.4, 0.5) is 0 Å². The maximum absolute atomic E-state index is 11.4. The van der Waals surface area contributed by atoms with Gasteiger partial charge in [-0.2, -0.15) is 11.8 Å². The maximum Gasteiger partial charge on any atom is 0.0476 e. The fraction of sp³-hybridized carbons (Fsp3) is 0.917. The van der Waals surface area contributed by atoms with Gasteiger partial charge in [0.05, 0.1) is 0 Å². The van der Waals surface area contributed by atoms with Crippen molar-refractivity contribution >= 4 is 17.7 Å². The van der Waals surface area contributed by atoms with E-state index in [0.29, 0.717) is 11.8 Å². The highest BCUT2D eigenvalue weighted by molar-refractivity contribution is 8.00. The quantitative estimate of drug-likeness (QED) is 0.714. The monoisotopic (exact) mass is 225 g/mol. The maximum atomic E-state index is 11.4. The zero-order valence-electron chi connectivity index (χ0n) is 9.12. The topological polar surface area (TPSA) is 40.1 Å². The fourth-order valence-corrected chi connectivity index (χ4v) is 5.88.